The number of ether oxygens (including phenoxy) is 1. The van der Waals surface area contributed by atoms with E-state index in [1.54, 1.807) is 18.2 Å². The summed E-state index contributed by atoms with van der Waals surface area (Å²) in [5.74, 6) is 0.192. The molecule has 0 spiro atoms. The molecule has 0 unspecified atom stereocenters. The van der Waals surface area contributed by atoms with Crippen molar-refractivity contribution in [2.45, 2.75) is 32.2 Å². The fraction of sp³-hybridized carbons (Fsp3) is 0.467. The molecule has 1 aromatic rings. The largest absolute Gasteiger partial charge is 0.496 e. The van der Waals surface area contributed by atoms with Gasteiger partial charge in [-0.1, -0.05) is 15.9 Å². The fourth-order valence-electron chi connectivity index (χ4n) is 1.67. The number of benzene rings is 1. The first-order valence-corrected chi connectivity index (χ1v) is 7.44. The van der Waals surface area contributed by atoms with Gasteiger partial charge in [0.2, 0.25) is 5.91 Å². The van der Waals surface area contributed by atoms with E-state index in [2.05, 4.69) is 21.2 Å². The van der Waals surface area contributed by atoms with E-state index in [4.69, 9.17) is 10.5 Å². The molecule has 0 atom stereocenters. The van der Waals surface area contributed by atoms with Crippen LogP contribution in [0.25, 0.3) is 0 Å². The van der Waals surface area contributed by atoms with E-state index < -0.39 is 5.54 Å². The number of nitrogens with one attached hydrogen (secondary N) is 1. The minimum atomic E-state index is -0.465. The maximum Gasteiger partial charge on any atom is 0.220 e. The van der Waals surface area contributed by atoms with Crippen molar-refractivity contribution < 1.29 is 14.3 Å². The molecule has 0 aromatic heterocycles. The van der Waals surface area contributed by atoms with Crippen LogP contribution < -0.4 is 15.8 Å². The summed E-state index contributed by atoms with van der Waals surface area (Å²) in [6.07, 6.45) is 0.258. The molecule has 0 saturated carbocycles. The van der Waals surface area contributed by atoms with E-state index in [0.29, 0.717) is 17.9 Å². The van der Waals surface area contributed by atoms with Gasteiger partial charge in [0.1, 0.15) is 5.75 Å². The van der Waals surface area contributed by atoms with Crippen molar-refractivity contribution >= 4 is 27.6 Å². The summed E-state index contributed by atoms with van der Waals surface area (Å²) in [6, 6.07) is 5.21. The number of hydrogen-bond acceptors (Lipinski definition) is 4. The normalized spacial score (nSPS) is 11.1. The molecule has 1 rings (SSSR count). The molecule has 1 amide bonds. The summed E-state index contributed by atoms with van der Waals surface area (Å²) < 4.78 is 5.95. The summed E-state index contributed by atoms with van der Waals surface area (Å²) in [5, 5.41) is 2.71. The number of carbonyl (C=O) groups excluding carboxylic acids is 2. The Morgan fingerprint density at radius 2 is 2.00 bits per heavy atom. The molecule has 5 nitrogen and oxygen atoms in total. The van der Waals surface area contributed by atoms with Gasteiger partial charge >= 0.3 is 0 Å². The molecule has 116 valence electrons. The van der Waals surface area contributed by atoms with E-state index in [1.165, 1.54) is 7.11 Å². The number of methoxy groups -OCH3 is 1. The molecule has 0 aliphatic heterocycles. The highest BCUT2D eigenvalue weighted by atomic mass is 79.9. The molecule has 1 aromatic carbocycles. The van der Waals surface area contributed by atoms with Crippen molar-refractivity contribution in [3.63, 3.8) is 0 Å². The van der Waals surface area contributed by atoms with Crippen LogP contribution in [0.4, 0.5) is 0 Å². The van der Waals surface area contributed by atoms with Crippen molar-refractivity contribution in [3.05, 3.63) is 28.2 Å². The third kappa shape index (κ3) is 6.27. The van der Waals surface area contributed by atoms with Crippen LogP contribution in [0.1, 0.15) is 37.0 Å². The molecule has 0 aliphatic rings. The SMILES string of the molecule is COc1ccc(Br)cc1C(=O)CCC(=O)NCC(C)(C)N. The Morgan fingerprint density at radius 3 is 2.57 bits per heavy atom. The number of halogens is 1. The highest BCUT2D eigenvalue weighted by Crippen LogP contribution is 2.24. The zero-order chi connectivity index (χ0) is 16.0. The standard InChI is InChI=1S/C15H21BrN2O3/c1-15(2,17)9-18-14(20)7-5-12(19)11-8-10(16)4-6-13(11)21-3/h4,6,8H,5,7,9,17H2,1-3H3,(H,18,20). The Bertz CT molecular complexity index is 524. The Kier molecular flexibility index (Phi) is 6.36. The first-order valence-electron chi connectivity index (χ1n) is 6.65. The summed E-state index contributed by atoms with van der Waals surface area (Å²) in [5.41, 5.74) is 5.79. The van der Waals surface area contributed by atoms with Crippen LogP contribution in [0.15, 0.2) is 22.7 Å². The minimum Gasteiger partial charge on any atom is -0.496 e. The highest BCUT2D eigenvalue weighted by Gasteiger charge is 2.16. The Hall–Kier alpha value is -1.40. The smallest absolute Gasteiger partial charge is 0.220 e. The second-order valence-corrected chi connectivity index (χ2v) is 6.45. The molecule has 0 aliphatic carbocycles. The lowest BCUT2D eigenvalue weighted by Crippen LogP contribution is -2.45. The van der Waals surface area contributed by atoms with Gasteiger partial charge in [0.15, 0.2) is 5.78 Å². The molecule has 0 radical (unpaired) electrons. The second kappa shape index (κ2) is 7.56. The molecule has 0 saturated heterocycles. The van der Waals surface area contributed by atoms with Gasteiger partial charge in [0.25, 0.3) is 0 Å². The number of ketones is 1. The summed E-state index contributed by atoms with van der Waals surface area (Å²) >= 11 is 3.32. The molecular formula is C15H21BrN2O3. The van der Waals surface area contributed by atoms with Gasteiger partial charge in [-0.3, -0.25) is 9.59 Å². The van der Waals surface area contributed by atoms with Gasteiger partial charge in [0, 0.05) is 29.4 Å². The van der Waals surface area contributed by atoms with Crippen molar-refractivity contribution in [2.75, 3.05) is 13.7 Å². The lowest BCUT2D eigenvalue weighted by atomic mass is 10.0. The molecule has 0 bridgehead atoms. The van der Waals surface area contributed by atoms with E-state index in [9.17, 15) is 9.59 Å². The lowest BCUT2D eigenvalue weighted by molar-refractivity contribution is -0.121. The molecule has 21 heavy (non-hydrogen) atoms. The monoisotopic (exact) mass is 356 g/mol. The van der Waals surface area contributed by atoms with Gasteiger partial charge < -0.3 is 15.8 Å². The third-order valence-corrected chi connectivity index (χ3v) is 3.28. The maximum atomic E-state index is 12.2. The van der Waals surface area contributed by atoms with Crippen LogP contribution >= 0.6 is 15.9 Å². The topological polar surface area (TPSA) is 81.4 Å². The molecule has 6 heteroatoms. The number of rotatable bonds is 7. The number of carbonyl (C=O) groups is 2. The van der Waals surface area contributed by atoms with Gasteiger partial charge in [-0.2, -0.15) is 0 Å². The summed E-state index contributed by atoms with van der Waals surface area (Å²) in [6.45, 7) is 4.02. The van der Waals surface area contributed by atoms with Gasteiger partial charge in [-0.05, 0) is 32.0 Å². The third-order valence-electron chi connectivity index (χ3n) is 2.78. The van der Waals surface area contributed by atoms with Crippen molar-refractivity contribution in [3.8, 4) is 5.75 Å². The Labute approximate surface area is 133 Å². The van der Waals surface area contributed by atoms with Crippen LogP contribution in [0.2, 0.25) is 0 Å². The predicted molar refractivity (Wildman–Crippen MR) is 85.5 cm³/mol. The van der Waals surface area contributed by atoms with Gasteiger partial charge in [0.05, 0.1) is 12.7 Å². The number of Topliss-reactive ketones (excluding diaryl/α,β-unsaturated/α-hetero) is 1. The van der Waals surface area contributed by atoms with E-state index in [-0.39, 0.29) is 24.5 Å². The van der Waals surface area contributed by atoms with Crippen LogP contribution in [0.3, 0.4) is 0 Å². The average molecular weight is 357 g/mol. The first-order chi connectivity index (χ1) is 9.73. The van der Waals surface area contributed by atoms with Crippen molar-refractivity contribution in [1.82, 2.24) is 5.32 Å². The molecule has 0 fully saturated rings. The lowest BCUT2D eigenvalue weighted by Gasteiger charge is -2.18. The van der Waals surface area contributed by atoms with Gasteiger partial charge in [-0.25, -0.2) is 0 Å². The minimum absolute atomic E-state index is 0.129. The fourth-order valence-corrected chi connectivity index (χ4v) is 2.04. The zero-order valence-corrected chi connectivity index (χ0v) is 14.1. The van der Waals surface area contributed by atoms with E-state index in [1.807, 2.05) is 13.8 Å². The molecule has 3 N–H and O–H groups in total. The Morgan fingerprint density at radius 1 is 1.33 bits per heavy atom. The quantitative estimate of drug-likeness (QED) is 0.734. The van der Waals surface area contributed by atoms with Crippen LogP contribution in [0.5, 0.6) is 5.75 Å². The van der Waals surface area contributed by atoms with Gasteiger partial charge in [-0.15, -0.1) is 0 Å². The highest BCUT2D eigenvalue weighted by molar-refractivity contribution is 9.10. The first kappa shape index (κ1) is 17.7. The number of nitrogens with two attached hydrogens (primary N) is 1. The average Bonchev–Trinajstić information content (AvgIpc) is 2.41. The van der Waals surface area contributed by atoms with Crippen LogP contribution in [-0.2, 0) is 4.79 Å². The van der Waals surface area contributed by atoms with Crippen molar-refractivity contribution in [1.29, 1.82) is 0 Å². The zero-order valence-electron chi connectivity index (χ0n) is 12.5. The van der Waals surface area contributed by atoms with Crippen molar-refractivity contribution in [2.24, 2.45) is 5.73 Å². The Balaban J connectivity index is 2.58. The predicted octanol–water partition coefficient (Wildman–Crippen LogP) is 2.27. The maximum absolute atomic E-state index is 12.2. The second-order valence-electron chi connectivity index (χ2n) is 5.53. The van der Waals surface area contributed by atoms with E-state index in [0.717, 1.165) is 4.47 Å². The number of amides is 1. The summed E-state index contributed by atoms with van der Waals surface area (Å²) in [4.78, 5) is 23.9. The molecule has 0 heterocycles. The molecular weight excluding hydrogens is 336 g/mol. The van der Waals surface area contributed by atoms with Crippen LogP contribution in [0, 0.1) is 0 Å². The summed E-state index contributed by atoms with van der Waals surface area (Å²) in [7, 11) is 1.51. The van der Waals surface area contributed by atoms with E-state index >= 15 is 0 Å². The number of hydrogen-bond donors (Lipinski definition) is 2. The van der Waals surface area contributed by atoms with Crippen LogP contribution in [-0.4, -0.2) is 30.9 Å².